The summed E-state index contributed by atoms with van der Waals surface area (Å²) in [7, 11) is 0. The van der Waals surface area contributed by atoms with Gasteiger partial charge in [-0.15, -0.1) is 0 Å². The van der Waals surface area contributed by atoms with Crippen LogP contribution in [0.25, 0.3) is 0 Å². The Morgan fingerprint density at radius 3 is 2.42 bits per heavy atom. The average molecular weight is 268 g/mol. The molecular weight excluding hydrogens is 240 g/mol. The molecule has 0 spiro atoms. The maximum absolute atomic E-state index is 9.93. The maximum atomic E-state index is 9.93. The quantitative estimate of drug-likeness (QED) is 0.805. The molecule has 1 aliphatic carbocycles. The molecule has 0 bridgehead atoms. The van der Waals surface area contributed by atoms with Crippen molar-refractivity contribution in [3.63, 3.8) is 0 Å². The molecule has 19 heavy (non-hydrogen) atoms. The van der Waals surface area contributed by atoms with Gasteiger partial charge in [-0.3, -0.25) is 0 Å². The summed E-state index contributed by atoms with van der Waals surface area (Å²) in [5.41, 5.74) is 0. The van der Waals surface area contributed by atoms with Gasteiger partial charge in [-0.05, 0) is 45.2 Å². The highest BCUT2D eigenvalue weighted by molar-refractivity contribution is 4.88. The van der Waals surface area contributed by atoms with E-state index >= 15 is 0 Å². The molecule has 1 saturated carbocycles. The van der Waals surface area contributed by atoms with Crippen LogP contribution >= 0.6 is 0 Å². The highest BCUT2D eigenvalue weighted by Crippen LogP contribution is 2.26. The number of nitrogens with one attached hydrogen (secondary N) is 1. The van der Waals surface area contributed by atoms with Crippen LogP contribution < -0.4 is 5.32 Å². The Kier molecular flexibility index (Phi) is 4.74. The van der Waals surface area contributed by atoms with E-state index in [4.69, 9.17) is 4.74 Å². The van der Waals surface area contributed by atoms with Crippen LogP contribution in [0.1, 0.15) is 44.9 Å². The van der Waals surface area contributed by atoms with E-state index in [1.807, 2.05) is 0 Å². The van der Waals surface area contributed by atoms with Crippen LogP contribution in [0.4, 0.5) is 0 Å². The van der Waals surface area contributed by atoms with Crippen molar-refractivity contribution in [1.29, 1.82) is 0 Å². The van der Waals surface area contributed by atoms with Crippen molar-refractivity contribution in [2.75, 3.05) is 26.3 Å². The number of hydrogen-bond donors (Lipinski definition) is 2. The summed E-state index contributed by atoms with van der Waals surface area (Å²) >= 11 is 0. The van der Waals surface area contributed by atoms with Crippen LogP contribution in [0.3, 0.4) is 0 Å². The van der Waals surface area contributed by atoms with E-state index in [0.717, 1.165) is 19.1 Å². The molecule has 4 heteroatoms. The summed E-state index contributed by atoms with van der Waals surface area (Å²) in [5.74, 6) is 0. The number of ether oxygens (including phenoxy) is 1. The third-order valence-electron chi connectivity index (χ3n) is 5.15. The first kappa shape index (κ1) is 13.8. The SMILES string of the molecule is O[C@@H]1COCC[C@H]1NC1CCN(C2CCCC2)CC1. The minimum Gasteiger partial charge on any atom is -0.389 e. The molecule has 0 amide bonds. The van der Waals surface area contributed by atoms with Crippen LogP contribution in [0.15, 0.2) is 0 Å². The van der Waals surface area contributed by atoms with Crippen LogP contribution in [-0.4, -0.2) is 60.5 Å². The van der Waals surface area contributed by atoms with Crippen molar-refractivity contribution in [1.82, 2.24) is 10.2 Å². The minimum atomic E-state index is -0.318. The van der Waals surface area contributed by atoms with E-state index in [9.17, 15) is 5.11 Å². The Labute approximate surface area is 116 Å². The second kappa shape index (κ2) is 6.53. The van der Waals surface area contributed by atoms with Crippen LogP contribution in [0.2, 0.25) is 0 Å². The summed E-state index contributed by atoms with van der Waals surface area (Å²) in [5, 5.41) is 13.6. The number of aliphatic hydroxyl groups is 1. The molecule has 0 radical (unpaired) electrons. The van der Waals surface area contributed by atoms with Crippen molar-refractivity contribution in [3.8, 4) is 0 Å². The summed E-state index contributed by atoms with van der Waals surface area (Å²) < 4.78 is 5.29. The number of aliphatic hydroxyl groups excluding tert-OH is 1. The van der Waals surface area contributed by atoms with E-state index in [1.165, 1.54) is 51.6 Å². The molecule has 110 valence electrons. The first-order valence-corrected chi connectivity index (χ1v) is 8.09. The number of rotatable bonds is 3. The molecule has 3 aliphatic rings. The lowest BCUT2D eigenvalue weighted by Crippen LogP contribution is -2.53. The zero-order valence-electron chi connectivity index (χ0n) is 11.9. The molecule has 0 unspecified atom stereocenters. The van der Waals surface area contributed by atoms with Gasteiger partial charge in [-0.25, -0.2) is 0 Å². The first-order valence-electron chi connectivity index (χ1n) is 8.09. The summed E-state index contributed by atoms with van der Waals surface area (Å²) in [4.78, 5) is 2.70. The van der Waals surface area contributed by atoms with Gasteiger partial charge in [0.1, 0.15) is 0 Å². The second-order valence-electron chi connectivity index (χ2n) is 6.45. The molecule has 2 atom stereocenters. The average Bonchev–Trinajstić information content (AvgIpc) is 2.96. The summed E-state index contributed by atoms with van der Waals surface area (Å²) in [6.45, 7) is 3.76. The fourth-order valence-corrected chi connectivity index (χ4v) is 3.92. The van der Waals surface area contributed by atoms with Gasteiger partial charge in [0.15, 0.2) is 0 Å². The zero-order valence-corrected chi connectivity index (χ0v) is 11.9. The van der Waals surface area contributed by atoms with E-state index in [1.54, 1.807) is 0 Å². The molecule has 0 aromatic rings. The van der Waals surface area contributed by atoms with Gasteiger partial charge in [0, 0.05) is 24.7 Å². The van der Waals surface area contributed by atoms with Gasteiger partial charge >= 0.3 is 0 Å². The van der Waals surface area contributed by atoms with E-state index in [0.29, 0.717) is 12.6 Å². The third-order valence-corrected chi connectivity index (χ3v) is 5.15. The number of likely N-dealkylation sites (tertiary alicyclic amines) is 1. The van der Waals surface area contributed by atoms with Crippen molar-refractivity contribution in [3.05, 3.63) is 0 Å². The van der Waals surface area contributed by atoms with E-state index in [-0.39, 0.29) is 12.1 Å². The number of hydrogen-bond acceptors (Lipinski definition) is 4. The van der Waals surface area contributed by atoms with Crippen molar-refractivity contribution in [2.45, 2.75) is 69.2 Å². The molecule has 2 aliphatic heterocycles. The highest BCUT2D eigenvalue weighted by Gasteiger charge is 2.30. The Bertz CT molecular complexity index is 273. The Morgan fingerprint density at radius 1 is 1.00 bits per heavy atom. The minimum absolute atomic E-state index is 0.247. The van der Waals surface area contributed by atoms with Gasteiger partial charge in [0.25, 0.3) is 0 Å². The Hall–Kier alpha value is -0.160. The van der Waals surface area contributed by atoms with Crippen LogP contribution in [0.5, 0.6) is 0 Å². The van der Waals surface area contributed by atoms with Crippen molar-refractivity contribution >= 4 is 0 Å². The molecule has 4 nitrogen and oxygen atoms in total. The molecule has 2 heterocycles. The molecule has 0 aromatic carbocycles. The van der Waals surface area contributed by atoms with Crippen LogP contribution in [0, 0.1) is 0 Å². The van der Waals surface area contributed by atoms with Crippen LogP contribution in [-0.2, 0) is 4.74 Å². The fourth-order valence-electron chi connectivity index (χ4n) is 3.92. The predicted octanol–water partition coefficient (Wildman–Crippen LogP) is 1.13. The number of piperidine rings is 1. The topological polar surface area (TPSA) is 44.7 Å². The van der Waals surface area contributed by atoms with Gasteiger partial charge in [0.2, 0.25) is 0 Å². The van der Waals surface area contributed by atoms with E-state index < -0.39 is 0 Å². The van der Waals surface area contributed by atoms with Gasteiger partial charge in [0.05, 0.1) is 12.7 Å². The molecule has 0 aromatic heterocycles. The molecule has 2 N–H and O–H groups in total. The maximum Gasteiger partial charge on any atom is 0.0927 e. The lowest BCUT2D eigenvalue weighted by molar-refractivity contribution is -0.0325. The zero-order chi connectivity index (χ0) is 13.1. The lowest BCUT2D eigenvalue weighted by Gasteiger charge is -2.39. The molecule has 3 rings (SSSR count). The van der Waals surface area contributed by atoms with Gasteiger partial charge in [-0.1, -0.05) is 12.8 Å². The Morgan fingerprint density at radius 2 is 1.74 bits per heavy atom. The molecule has 2 saturated heterocycles. The number of nitrogens with zero attached hydrogens (tertiary/aromatic N) is 1. The van der Waals surface area contributed by atoms with E-state index in [2.05, 4.69) is 10.2 Å². The summed E-state index contributed by atoms with van der Waals surface area (Å²) in [6, 6.07) is 1.71. The predicted molar refractivity (Wildman–Crippen MR) is 75.2 cm³/mol. The molecule has 3 fully saturated rings. The standard InChI is InChI=1S/C15H28N2O2/c18-15-11-19-10-7-14(15)16-12-5-8-17(9-6-12)13-3-1-2-4-13/h12-16,18H,1-11H2/t14-,15-/m1/s1. The fraction of sp³-hybridized carbons (Fsp3) is 1.00. The Balaban J connectivity index is 1.42. The summed E-state index contributed by atoms with van der Waals surface area (Å²) in [6.07, 6.45) is 8.79. The van der Waals surface area contributed by atoms with Crippen molar-refractivity contribution in [2.24, 2.45) is 0 Å². The molecular formula is C15H28N2O2. The second-order valence-corrected chi connectivity index (χ2v) is 6.45. The largest absolute Gasteiger partial charge is 0.389 e. The third kappa shape index (κ3) is 3.48. The highest BCUT2D eigenvalue weighted by atomic mass is 16.5. The monoisotopic (exact) mass is 268 g/mol. The van der Waals surface area contributed by atoms with Gasteiger partial charge in [-0.2, -0.15) is 0 Å². The normalized spacial score (nSPS) is 35.8. The first-order chi connectivity index (χ1) is 9.33. The smallest absolute Gasteiger partial charge is 0.0927 e. The van der Waals surface area contributed by atoms with Crippen molar-refractivity contribution < 1.29 is 9.84 Å². The van der Waals surface area contributed by atoms with Gasteiger partial charge < -0.3 is 20.1 Å². The lowest BCUT2D eigenvalue weighted by atomic mass is 9.98.